The van der Waals surface area contributed by atoms with Crippen molar-refractivity contribution in [3.05, 3.63) is 48.6 Å². The Morgan fingerprint density at radius 1 is 0.545 bits per heavy atom. The van der Waals surface area contributed by atoms with Crippen LogP contribution in [0.1, 0.15) is 245 Å². The number of allylic oxidation sites excluding steroid dienone is 7. The molecule has 0 saturated carbocycles. The van der Waals surface area contributed by atoms with Crippen LogP contribution in [0.4, 0.5) is 0 Å². The van der Waals surface area contributed by atoms with Gasteiger partial charge in [-0.2, -0.15) is 0 Å². The van der Waals surface area contributed by atoms with E-state index in [9.17, 15) is 19.0 Å². The fraction of sp³-hybridized carbons (Fsp3) is 0.821. The average Bonchev–Trinajstić information content (AvgIpc) is 3.27. The van der Waals surface area contributed by atoms with Crippen molar-refractivity contribution in [1.82, 2.24) is 5.32 Å². The van der Waals surface area contributed by atoms with E-state index in [4.69, 9.17) is 13.8 Å². The van der Waals surface area contributed by atoms with Gasteiger partial charge in [-0.05, 0) is 51.0 Å². The number of unbranched alkanes of at least 4 members (excludes halogenated alkanes) is 29. The number of esters is 1. The molecule has 0 aromatic heterocycles. The third-order valence-corrected chi connectivity index (χ3v) is 13.0. The van der Waals surface area contributed by atoms with Crippen LogP contribution in [0, 0.1) is 0 Å². The van der Waals surface area contributed by atoms with Gasteiger partial charge < -0.3 is 28.5 Å². The number of hydrogen-bond acceptors (Lipinski definition) is 7. The minimum Gasteiger partial charge on any atom is -0.756 e. The van der Waals surface area contributed by atoms with Gasteiger partial charge in [0.1, 0.15) is 19.3 Å². The third kappa shape index (κ3) is 47.1. The van der Waals surface area contributed by atoms with E-state index in [0.717, 1.165) is 77.0 Å². The molecule has 0 radical (unpaired) electrons. The molecule has 0 spiro atoms. The van der Waals surface area contributed by atoms with Gasteiger partial charge in [-0.25, -0.2) is 0 Å². The summed E-state index contributed by atoms with van der Waals surface area (Å²) in [6.45, 7) is 6.70. The average molecular weight is 949 g/mol. The van der Waals surface area contributed by atoms with Gasteiger partial charge in [-0.15, -0.1) is 0 Å². The Morgan fingerprint density at radius 2 is 0.970 bits per heavy atom. The number of quaternary nitrogens is 1. The Kier molecular flexibility index (Phi) is 45.3. The number of hydrogen-bond donors (Lipinski definition) is 1. The van der Waals surface area contributed by atoms with E-state index in [1.807, 2.05) is 33.3 Å². The van der Waals surface area contributed by atoms with Crippen molar-refractivity contribution in [2.75, 3.05) is 40.9 Å². The number of ether oxygens (including phenoxy) is 1. The molecule has 386 valence electrons. The molecule has 0 rings (SSSR count). The maximum Gasteiger partial charge on any atom is 0.306 e. The fourth-order valence-electron chi connectivity index (χ4n) is 7.82. The highest BCUT2D eigenvalue weighted by Crippen LogP contribution is 2.38. The summed E-state index contributed by atoms with van der Waals surface area (Å²) >= 11 is 0. The summed E-state index contributed by atoms with van der Waals surface area (Å²) in [5.74, 6) is -0.551. The first kappa shape index (κ1) is 64.0. The normalized spacial score (nSPS) is 14.2. The lowest BCUT2D eigenvalue weighted by Crippen LogP contribution is -2.47. The van der Waals surface area contributed by atoms with E-state index in [0.29, 0.717) is 17.4 Å². The molecule has 0 heterocycles. The molecule has 1 amide bonds. The Bertz CT molecular complexity index is 1280. The number of carbonyl (C=O) groups is 2. The number of phosphoric ester groups is 1. The molecule has 0 aromatic rings. The van der Waals surface area contributed by atoms with Crippen molar-refractivity contribution in [2.45, 2.75) is 258 Å². The van der Waals surface area contributed by atoms with Crippen molar-refractivity contribution in [1.29, 1.82) is 0 Å². The highest BCUT2D eigenvalue weighted by Gasteiger charge is 2.27. The van der Waals surface area contributed by atoms with Crippen molar-refractivity contribution >= 4 is 19.7 Å². The van der Waals surface area contributed by atoms with Crippen LogP contribution in [-0.2, 0) is 27.9 Å². The maximum absolute atomic E-state index is 13.4. The van der Waals surface area contributed by atoms with Crippen LogP contribution in [0.3, 0.4) is 0 Å². The highest BCUT2D eigenvalue weighted by molar-refractivity contribution is 7.45. The molecule has 0 saturated heterocycles. The molecule has 0 fully saturated rings. The van der Waals surface area contributed by atoms with E-state index in [2.05, 4.69) is 62.5 Å². The summed E-state index contributed by atoms with van der Waals surface area (Å²) in [6, 6.07) is -0.889. The quantitative estimate of drug-likeness (QED) is 0.0161. The molecule has 3 unspecified atom stereocenters. The van der Waals surface area contributed by atoms with Gasteiger partial charge >= 0.3 is 5.97 Å². The zero-order valence-electron chi connectivity index (χ0n) is 43.9. The molecule has 1 N–H and O–H groups in total. The largest absolute Gasteiger partial charge is 0.756 e. The maximum atomic E-state index is 13.4. The summed E-state index contributed by atoms with van der Waals surface area (Å²) < 4.78 is 30.2. The second-order valence-electron chi connectivity index (χ2n) is 19.8. The molecule has 9 nitrogen and oxygen atoms in total. The molecule has 10 heteroatoms. The molecule has 0 aliphatic rings. The smallest absolute Gasteiger partial charge is 0.306 e. The summed E-state index contributed by atoms with van der Waals surface area (Å²) in [5, 5.41) is 3.01. The van der Waals surface area contributed by atoms with Gasteiger partial charge in [0.25, 0.3) is 7.82 Å². The van der Waals surface area contributed by atoms with E-state index >= 15 is 0 Å². The molecule has 66 heavy (non-hydrogen) atoms. The molecule has 3 atom stereocenters. The molecular weight excluding hydrogens is 844 g/mol. The van der Waals surface area contributed by atoms with Crippen LogP contribution in [0.5, 0.6) is 0 Å². The number of rotatable bonds is 49. The summed E-state index contributed by atoms with van der Waals surface area (Å²) in [7, 11) is 1.18. The molecular formula is C56H105N2O7P. The lowest BCUT2D eigenvalue weighted by molar-refractivity contribution is -0.870. The zero-order valence-corrected chi connectivity index (χ0v) is 44.8. The van der Waals surface area contributed by atoms with Crippen molar-refractivity contribution in [2.24, 2.45) is 0 Å². The third-order valence-electron chi connectivity index (χ3n) is 12.1. The number of carbonyl (C=O) groups excluding carboxylic acids is 2. The lowest BCUT2D eigenvalue weighted by Gasteiger charge is -2.30. The van der Waals surface area contributed by atoms with E-state index in [1.54, 1.807) is 0 Å². The highest BCUT2D eigenvalue weighted by atomic mass is 31.2. The predicted octanol–water partition coefficient (Wildman–Crippen LogP) is 15.5. The van der Waals surface area contributed by atoms with Crippen LogP contribution in [0.25, 0.3) is 0 Å². The summed E-state index contributed by atoms with van der Waals surface area (Å²) in [6.07, 6.45) is 54.9. The number of nitrogens with one attached hydrogen (secondary N) is 1. The molecule has 0 bridgehead atoms. The number of likely N-dealkylation sites (N-methyl/N-ethyl adjacent to an activating group) is 1. The lowest BCUT2D eigenvalue weighted by atomic mass is 10.0. The van der Waals surface area contributed by atoms with Crippen molar-refractivity contribution in [3.8, 4) is 0 Å². The van der Waals surface area contributed by atoms with Gasteiger partial charge in [-0.3, -0.25) is 14.2 Å². The number of phosphoric acid groups is 1. The molecule has 0 aromatic carbocycles. The first-order valence-electron chi connectivity index (χ1n) is 27.5. The molecule has 0 aliphatic heterocycles. The number of amides is 1. The Hall–Kier alpha value is -2.03. The van der Waals surface area contributed by atoms with Gasteiger partial charge in [0, 0.05) is 12.8 Å². The number of nitrogens with zero attached hydrogens (tertiary/aromatic N) is 1. The van der Waals surface area contributed by atoms with Gasteiger partial charge in [0.05, 0.1) is 33.8 Å². The first-order chi connectivity index (χ1) is 31.9. The van der Waals surface area contributed by atoms with Gasteiger partial charge in [-0.1, -0.05) is 230 Å². The van der Waals surface area contributed by atoms with Crippen LogP contribution < -0.4 is 10.2 Å². The Balaban J connectivity index is 5.40. The predicted molar refractivity (Wildman–Crippen MR) is 279 cm³/mol. The van der Waals surface area contributed by atoms with Crippen LogP contribution in [0.15, 0.2) is 48.6 Å². The second kappa shape index (κ2) is 46.7. The second-order valence-corrected chi connectivity index (χ2v) is 21.2. The van der Waals surface area contributed by atoms with Gasteiger partial charge in [0.2, 0.25) is 5.91 Å². The minimum atomic E-state index is -4.69. The standard InChI is InChI=1S/C56H105N2O7P/c1-7-10-13-16-19-22-25-28-29-31-34-37-40-43-46-49-56(60)65-54(47-44-41-38-35-32-27-24-21-18-15-12-9-3)53(52-64-66(61,62)63-51-50-58(4,5)6)57-55(59)48-45-42-39-36-33-30-26-23-20-17-14-11-8-2/h10,13,16,19,22,25,44,47,53-54H,7-9,11-12,14-15,17-18,20-21,23-24,26-43,45-46,48-52H2,1-6H3,(H-,57,59,61,62)/b13-10+,19-16+,25-22+,47-44+. The van der Waals surface area contributed by atoms with Gasteiger partial charge in [0.15, 0.2) is 0 Å². The van der Waals surface area contributed by atoms with Crippen molar-refractivity contribution < 1.29 is 37.3 Å². The summed E-state index contributed by atoms with van der Waals surface area (Å²) in [5.41, 5.74) is 0. The Morgan fingerprint density at radius 3 is 1.44 bits per heavy atom. The molecule has 0 aliphatic carbocycles. The zero-order chi connectivity index (χ0) is 48.7. The van der Waals surface area contributed by atoms with Crippen molar-refractivity contribution in [3.63, 3.8) is 0 Å². The SMILES string of the molecule is CC/C=C/C=C/C=C/CCCCCCCCCC(=O)OC(/C=C/CCCCCCCCCCCC)C(COP(=O)([O-])OCC[N+](C)(C)C)NC(=O)CCCCCCCCCCCCCCC. The topological polar surface area (TPSA) is 114 Å². The fourth-order valence-corrected chi connectivity index (χ4v) is 8.54. The first-order valence-corrected chi connectivity index (χ1v) is 28.9. The Labute approximate surface area is 408 Å². The summed E-state index contributed by atoms with van der Waals surface area (Å²) in [4.78, 5) is 39.7. The monoisotopic (exact) mass is 949 g/mol. The van der Waals surface area contributed by atoms with Crippen LogP contribution >= 0.6 is 7.82 Å². The van der Waals surface area contributed by atoms with E-state index in [1.165, 1.54) is 135 Å². The van der Waals surface area contributed by atoms with Crippen LogP contribution in [-0.4, -0.2) is 69.4 Å². The van der Waals surface area contributed by atoms with Crippen LogP contribution in [0.2, 0.25) is 0 Å². The van der Waals surface area contributed by atoms with E-state index < -0.39 is 26.6 Å². The minimum absolute atomic E-state index is 0.0237. The van der Waals surface area contributed by atoms with E-state index in [-0.39, 0.29) is 24.9 Å².